The van der Waals surface area contributed by atoms with E-state index in [1.54, 1.807) is 31.2 Å². The molecule has 2 rings (SSSR count). The lowest BCUT2D eigenvalue weighted by atomic mass is 10.2. The molecule has 0 saturated heterocycles. The molecule has 94 valence electrons. The van der Waals surface area contributed by atoms with Crippen LogP contribution in [-0.4, -0.2) is 11.1 Å². The molecule has 0 aliphatic rings. The van der Waals surface area contributed by atoms with Gasteiger partial charge in [0.1, 0.15) is 10.7 Å². The smallest absolute Gasteiger partial charge is 0.345 e. The average Bonchev–Trinajstić information content (AvgIpc) is 2.80. The molecule has 2 N–H and O–H groups in total. The van der Waals surface area contributed by atoms with E-state index in [9.17, 15) is 9.18 Å². The number of carboxylic acid groups (broad SMARTS) is 1. The van der Waals surface area contributed by atoms with Crippen molar-refractivity contribution in [2.24, 2.45) is 0 Å². The van der Waals surface area contributed by atoms with E-state index in [-0.39, 0.29) is 5.82 Å². The molecule has 0 radical (unpaired) electrons. The predicted molar refractivity (Wildman–Crippen MR) is 69.7 cm³/mol. The van der Waals surface area contributed by atoms with Crippen LogP contribution in [0.15, 0.2) is 30.3 Å². The number of halogens is 1. The minimum atomic E-state index is -0.923. The molecule has 1 aromatic heterocycles. The molecule has 1 aromatic carbocycles. The Morgan fingerprint density at radius 1 is 1.39 bits per heavy atom. The summed E-state index contributed by atoms with van der Waals surface area (Å²) in [4.78, 5) is 11.9. The van der Waals surface area contributed by atoms with Gasteiger partial charge < -0.3 is 10.4 Å². The number of carboxylic acids is 1. The van der Waals surface area contributed by atoms with Crippen molar-refractivity contribution in [3.63, 3.8) is 0 Å². The lowest BCUT2D eigenvalue weighted by Gasteiger charge is -2.08. The molecule has 0 atom stereocenters. The van der Waals surface area contributed by atoms with Crippen LogP contribution in [0.1, 0.15) is 20.1 Å². The highest BCUT2D eigenvalue weighted by atomic mass is 32.1. The number of rotatable bonds is 4. The highest BCUT2D eigenvalue weighted by Crippen LogP contribution is 2.21. The number of hydrogen-bond acceptors (Lipinski definition) is 3. The lowest BCUT2D eigenvalue weighted by Crippen LogP contribution is -2.00. The van der Waals surface area contributed by atoms with Crippen molar-refractivity contribution in [1.29, 1.82) is 0 Å². The Bertz CT molecular complexity index is 580. The van der Waals surface area contributed by atoms with Crippen molar-refractivity contribution in [3.05, 3.63) is 51.5 Å². The first-order chi connectivity index (χ1) is 8.58. The van der Waals surface area contributed by atoms with Gasteiger partial charge in [0, 0.05) is 22.7 Å². The minimum Gasteiger partial charge on any atom is -0.477 e. The molecule has 0 amide bonds. The van der Waals surface area contributed by atoms with E-state index in [1.165, 1.54) is 17.4 Å². The van der Waals surface area contributed by atoms with Crippen LogP contribution >= 0.6 is 11.3 Å². The maximum absolute atomic E-state index is 13.3. The molecule has 18 heavy (non-hydrogen) atoms. The quantitative estimate of drug-likeness (QED) is 0.889. The summed E-state index contributed by atoms with van der Waals surface area (Å²) < 4.78 is 13.3. The summed E-state index contributed by atoms with van der Waals surface area (Å²) in [5, 5.41) is 11.9. The topological polar surface area (TPSA) is 49.3 Å². The van der Waals surface area contributed by atoms with Gasteiger partial charge in [-0.15, -0.1) is 11.3 Å². The van der Waals surface area contributed by atoms with Crippen LogP contribution in [-0.2, 0) is 6.54 Å². The van der Waals surface area contributed by atoms with Gasteiger partial charge in [-0.1, -0.05) is 6.07 Å². The normalized spacial score (nSPS) is 10.3. The molecule has 0 aliphatic carbocycles. The van der Waals surface area contributed by atoms with E-state index in [4.69, 9.17) is 5.11 Å². The summed E-state index contributed by atoms with van der Waals surface area (Å²) in [6.45, 7) is 2.19. The zero-order chi connectivity index (χ0) is 13.1. The summed E-state index contributed by atoms with van der Waals surface area (Å²) in [5.41, 5.74) is 1.28. The van der Waals surface area contributed by atoms with E-state index >= 15 is 0 Å². The van der Waals surface area contributed by atoms with Crippen LogP contribution in [0.5, 0.6) is 0 Å². The van der Waals surface area contributed by atoms with Gasteiger partial charge in [-0.3, -0.25) is 0 Å². The van der Waals surface area contributed by atoms with Crippen molar-refractivity contribution in [3.8, 4) is 0 Å². The molecule has 3 nitrogen and oxygen atoms in total. The first-order valence-corrected chi connectivity index (χ1v) is 6.20. The van der Waals surface area contributed by atoms with Gasteiger partial charge in [0.25, 0.3) is 0 Å². The fraction of sp³-hybridized carbons (Fsp3) is 0.154. The molecule has 5 heteroatoms. The number of anilines is 1. The largest absolute Gasteiger partial charge is 0.477 e. The second-order valence-corrected chi connectivity index (χ2v) is 5.01. The molecule has 0 unspecified atom stereocenters. The van der Waals surface area contributed by atoms with Gasteiger partial charge in [0.15, 0.2) is 0 Å². The number of benzene rings is 1. The molecule has 0 saturated carbocycles. The number of nitrogens with one attached hydrogen (secondary N) is 1. The first kappa shape index (κ1) is 12.6. The van der Waals surface area contributed by atoms with Gasteiger partial charge in [0.05, 0.1) is 0 Å². The number of hydrogen-bond donors (Lipinski definition) is 2. The van der Waals surface area contributed by atoms with Gasteiger partial charge in [0.2, 0.25) is 0 Å². The van der Waals surface area contributed by atoms with Crippen LogP contribution in [0.25, 0.3) is 0 Å². The molecule has 0 aliphatic heterocycles. The molecule has 1 heterocycles. The molecule has 0 bridgehead atoms. The number of aromatic carboxylic acids is 1. The average molecular weight is 265 g/mol. The highest BCUT2D eigenvalue weighted by molar-refractivity contribution is 7.13. The standard InChI is InChI=1S/C13H12FNO2S/c1-8-10(14)3-2-4-11(8)15-7-9-5-6-12(18-9)13(16)17/h2-6,15H,7H2,1H3,(H,16,17). The predicted octanol–water partition coefficient (Wildman–Crippen LogP) is 3.51. The fourth-order valence-electron chi connectivity index (χ4n) is 1.57. The van der Waals surface area contributed by atoms with Gasteiger partial charge >= 0.3 is 5.97 Å². The zero-order valence-electron chi connectivity index (χ0n) is 9.74. The van der Waals surface area contributed by atoms with Crippen molar-refractivity contribution in [2.45, 2.75) is 13.5 Å². The Balaban J connectivity index is 2.07. The molecular formula is C13H12FNO2S. The van der Waals surface area contributed by atoms with Crippen LogP contribution < -0.4 is 5.32 Å². The van der Waals surface area contributed by atoms with Crippen LogP contribution in [0.2, 0.25) is 0 Å². The third kappa shape index (κ3) is 2.68. The number of thiophene rings is 1. The van der Waals surface area contributed by atoms with E-state index in [0.717, 1.165) is 10.6 Å². The zero-order valence-corrected chi connectivity index (χ0v) is 10.6. The summed E-state index contributed by atoms with van der Waals surface area (Å²) in [5.74, 6) is -1.18. The first-order valence-electron chi connectivity index (χ1n) is 5.39. The van der Waals surface area contributed by atoms with E-state index in [0.29, 0.717) is 17.0 Å². The van der Waals surface area contributed by atoms with Crippen LogP contribution in [0.3, 0.4) is 0 Å². The Morgan fingerprint density at radius 3 is 2.83 bits per heavy atom. The van der Waals surface area contributed by atoms with Crippen LogP contribution in [0.4, 0.5) is 10.1 Å². The number of carbonyl (C=O) groups is 1. The summed E-state index contributed by atoms with van der Waals surface area (Å²) >= 11 is 1.21. The monoisotopic (exact) mass is 265 g/mol. The van der Waals surface area contributed by atoms with Crippen LogP contribution in [0, 0.1) is 12.7 Å². The Morgan fingerprint density at radius 2 is 2.17 bits per heavy atom. The lowest BCUT2D eigenvalue weighted by molar-refractivity contribution is 0.0702. The molecule has 2 aromatic rings. The second kappa shape index (κ2) is 5.18. The maximum Gasteiger partial charge on any atom is 0.345 e. The summed E-state index contributed by atoms with van der Waals surface area (Å²) in [7, 11) is 0. The third-order valence-electron chi connectivity index (χ3n) is 2.59. The summed E-state index contributed by atoms with van der Waals surface area (Å²) in [6.07, 6.45) is 0. The van der Waals surface area contributed by atoms with Crippen molar-refractivity contribution < 1.29 is 14.3 Å². The molecule has 0 spiro atoms. The third-order valence-corrected chi connectivity index (χ3v) is 3.67. The van der Waals surface area contributed by atoms with Gasteiger partial charge in [-0.25, -0.2) is 9.18 Å². The van der Waals surface area contributed by atoms with E-state index in [2.05, 4.69) is 5.32 Å². The summed E-state index contributed by atoms with van der Waals surface area (Å²) in [6, 6.07) is 8.18. The van der Waals surface area contributed by atoms with Crippen molar-refractivity contribution in [1.82, 2.24) is 0 Å². The van der Waals surface area contributed by atoms with E-state index in [1.807, 2.05) is 0 Å². The Hall–Kier alpha value is -1.88. The Kier molecular flexibility index (Phi) is 3.62. The fourth-order valence-corrected chi connectivity index (χ4v) is 2.36. The SMILES string of the molecule is Cc1c(F)cccc1NCc1ccc(C(=O)O)s1. The van der Waals surface area contributed by atoms with E-state index < -0.39 is 5.97 Å². The molecule has 0 fully saturated rings. The molecular weight excluding hydrogens is 253 g/mol. The van der Waals surface area contributed by atoms with Crippen molar-refractivity contribution in [2.75, 3.05) is 5.32 Å². The Labute approximate surface area is 108 Å². The minimum absolute atomic E-state index is 0.252. The van der Waals surface area contributed by atoms with Gasteiger partial charge in [-0.2, -0.15) is 0 Å². The van der Waals surface area contributed by atoms with Gasteiger partial charge in [-0.05, 0) is 31.2 Å². The highest BCUT2D eigenvalue weighted by Gasteiger charge is 2.07. The maximum atomic E-state index is 13.3. The van der Waals surface area contributed by atoms with Crippen molar-refractivity contribution >= 4 is 23.0 Å². The second-order valence-electron chi connectivity index (χ2n) is 3.84.